The van der Waals surface area contributed by atoms with Crippen molar-refractivity contribution in [3.63, 3.8) is 0 Å². The molecular weight excluding hydrogens is 261 g/mol. The Balaban J connectivity index is 2.66. The van der Waals surface area contributed by atoms with Crippen LogP contribution in [0.3, 0.4) is 0 Å². The monoisotopic (exact) mass is 280 g/mol. The van der Waals surface area contributed by atoms with Gasteiger partial charge in [0.05, 0.1) is 0 Å². The van der Waals surface area contributed by atoms with Crippen LogP contribution in [0, 0.1) is 5.92 Å². The Morgan fingerprint density at radius 2 is 1.95 bits per heavy atom. The minimum Gasteiger partial charge on any atom is -0.456 e. The third-order valence-electron chi connectivity index (χ3n) is 3.12. The van der Waals surface area contributed by atoms with Gasteiger partial charge in [0, 0.05) is 13.2 Å². The zero-order valence-corrected chi connectivity index (χ0v) is 10.9. The van der Waals surface area contributed by atoms with Gasteiger partial charge in [0.15, 0.2) is 0 Å². The number of rotatable bonds is 5. The molecule has 1 aliphatic rings. The zero-order chi connectivity index (χ0) is 14.3. The molecule has 0 aromatic heterocycles. The molecule has 6 heteroatoms. The Bertz CT molecular complexity index is 307. The van der Waals surface area contributed by atoms with Crippen LogP contribution in [0.4, 0.5) is 13.2 Å². The highest BCUT2D eigenvalue weighted by atomic mass is 19.4. The summed E-state index contributed by atoms with van der Waals surface area (Å²) in [4.78, 5) is 11.4. The van der Waals surface area contributed by atoms with E-state index in [2.05, 4.69) is 4.74 Å². The summed E-state index contributed by atoms with van der Waals surface area (Å²) < 4.78 is 46.3. The molecule has 1 rings (SSSR count). The van der Waals surface area contributed by atoms with Gasteiger partial charge in [-0.25, -0.2) is 4.79 Å². The fraction of sp³-hybridized carbons (Fsp3) is 0.769. The fourth-order valence-corrected chi connectivity index (χ4v) is 2.26. The fourth-order valence-electron chi connectivity index (χ4n) is 2.26. The number of hydrogen-bond acceptors (Lipinski definition) is 3. The summed E-state index contributed by atoms with van der Waals surface area (Å²) in [7, 11) is 1.34. The van der Waals surface area contributed by atoms with E-state index in [1.54, 1.807) is 0 Å². The van der Waals surface area contributed by atoms with E-state index in [-0.39, 0.29) is 18.6 Å². The number of ether oxygens (including phenoxy) is 2. The summed E-state index contributed by atoms with van der Waals surface area (Å²) in [5.74, 6) is -0.668. The molecule has 0 unspecified atom stereocenters. The van der Waals surface area contributed by atoms with Crippen LogP contribution in [0.2, 0.25) is 0 Å². The van der Waals surface area contributed by atoms with Gasteiger partial charge in [-0.05, 0) is 24.8 Å². The summed E-state index contributed by atoms with van der Waals surface area (Å²) in [6, 6.07) is 0. The van der Waals surface area contributed by atoms with Crippen molar-refractivity contribution in [2.75, 3.05) is 13.7 Å². The summed E-state index contributed by atoms with van der Waals surface area (Å²) >= 11 is 0. The lowest BCUT2D eigenvalue weighted by atomic mass is 9.85. The average molecular weight is 280 g/mol. The first-order chi connectivity index (χ1) is 8.92. The van der Waals surface area contributed by atoms with Gasteiger partial charge in [-0.1, -0.05) is 19.3 Å². The molecule has 0 N–H and O–H groups in total. The molecule has 1 atom stereocenters. The van der Waals surface area contributed by atoms with Gasteiger partial charge < -0.3 is 9.47 Å². The zero-order valence-electron chi connectivity index (χ0n) is 10.9. The van der Waals surface area contributed by atoms with Crippen LogP contribution in [0.1, 0.15) is 32.1 Å². The highest BCUT2D eigenvalue weighted by Crippen LogP contribution is 2.29. The van der Waals surface area contributed by atoms with Gasteiger partial charge in [-0.2, -0.15) is 13.2 Å². The first-order valence-corrected chi connectivity index (χ1v) is 6.37. The summed E-state index contributed by atoms with van der Waals surface area (Å²) in [5, 5.41) is 0. The number of esters is 1. The van der Waals surface area contributed by atoms with Gasteiger partial charge in [-0.15, -0.1) is 0 Å². The maximum Gasteiger partial charge on any atom is 0.409 e. The van der Waals surface area contributed by atoms with E-state index < -0.39 is 18.2 Å². The Kier molecular flexibility index (Phi) is 6.34. The van der Waals surface area contributed by atoms with E-state index >= 15 is 0 Å². The lowest BCUT2D eigenvalue weighted by molar-refractivity contribution is -0.154. The van der Waals surface area contributed by atoms with Crippen molar-refractivity contribution < 1.29 is 27.4 Å². The van der Waals surface area contributed by atoms with Crippen molar-refractivity contribution in [1.29, 1.82) is 0 Å². The average Bonchev–Trinajstić information content (AvgIpc) is 2.35. The Morgan fingerprint density at radius 1 is 1.32 bits per heavy atom. The molecule has 3 nitrogen and oxygen atoms in total. The Hall–Kier alpha value is -1.04. The molecule has 1 aliphatic carbocycles. The second kappa shape index (κ2) is 7.53. The molecule has 0 radical (unpaired) electrons. The summed E-state index contributed by atoms with van der Waals surface area (Å²) in [6.45, 7) is -0.247. The van der Waals surface area contributed by atoms with Gasteiger partial charge in [0.1, 0.15) is 12.7 Å². The molecule has 0 aromatic carbocycles. The number of methoxy groups -OCH3 is 1. The lowest BCUT2D eigenvalue weighted by Gasteiger charge is -2.28. The normalized spacial score (nSPS) is 19.6. The standard InChI is InChI=1S/C13H19F3O3/c1-18-9-12(17)19-11(7-8-13(14,15)16)10-5-3-2-4-6-10/h7-8,10-11H,2-6,9H2,1H3/b8-7+/t11-/m1/s1. The minimum atomic E-state index is -4.39. The van der Waals surface area contributed by atoms with Gasteiger partial charge >= 0.3 is 12.1 Å². The molecule has 0 spiro atoms. The largest absolute Gasteiger partial charge is 0.456 e. The molecule has 0 aromatic rings. The molecule has 0 bridgehead atoms. The highest BCUT2D eigenvalue weighted by Gasteiger charge is 2.28. The molecule has 19 heavy (non-hydrogen) atoms. The minimum absolute atomic E-state index is 0.0341. The Morgan fingerprint density at radius 3 is 2.47 bits per heavy atom. The van der Waals surface area contributed by atoms with Crippen LogP contribution in [0.15, 0.2) is 12.2 Å². The van der Waals surface area contributed by atoms with Crippen molar-refractivity contribution >= 4 is 5.97 Å². The van der Waals surface area contributed by atoms with Crippen molar-refractivity contribution in [3.05, 3.63) is 12.2 Å². The predicted octanol–water partition coefficient (Wildman–Crippen LogP) is 3.24. The van der Waals surface area contributed by atoms with Crippen molar-refractivity contribution in [2.45, 2.75) is 44.4 Å². The van der Waals surface area contributed by atoms with Crippen LogP contribution >= 0.6 is 0 Å². The maximum atomic E-state index is 12.2. The van der Waals surface area contributed by atoms with E-state index in [0.717, 1.165) is 38.2 Å². The molecule has 1 saturated carbocycles. The second-order valence-corrected chi connectivity index (χ2v) is 4.69. The van der Waals surface area contributed by atoms with Crippen LogP contribution in [-0.4, -0.2) is 32.0 Å². The number of carbonyl (C=O) groups excluding carboxylic acids is 1. The van der Waals surface area contributed by atoms with Gasteiger partial charge in [0.25, 0.3) is 0 Å². The first kappa shape index (κ1) is 16.0. The summed E-state index contributed by atoms with van der Waals surface area (Å²) in [6.07, 6.45) is 0.463. The number of halogens is 3. The lowest BCUT2D eigenvalue weighted by Crippen LogP contribution is -2.29. The maximum absolute atomic E-state index is 12.2. The van der Waals surface area contributed by atoms with E-state index in [9.17, 15) is 18.0 Å². The highest BCUT2D eigenvalue weighted by molar-refractivity contribution is 5.71. The van der Waals surface area contributed by atoms with Crippen molar-refractivity contribution in [3.8, 4) is 0 Å². The van der Waals surface area contributed by atoms with Crippen molar-refractivity contribution in [1.82, 2.24) is 0 Å². The second-order valence-electron chi connectivity index (χ2n) is 4.69. The molecule has 110 valence electrons. The Labute approximate surface area is 110 Å². The molecule has 0 amide bonds. The van der Waals surface area contributed by atoms with E-state index in [0.29, 0.717) is 0 Å². The third-order valence-corrected chi connectivity index (χ3v) is 3.12. The van der Waals surface area contributed by atoms with Crippen LogP contribution in [0.5, 0.6) is 0 Å². The number of alkyl halides is 3. The smallest absolute Gasteiger partial charge is 0.409 e. The summed E-state index contributed by atoms with van der Waals surface area (Å²) in [5.41, 5.74) is 0. The SMILES string of the molecule is COCC(=O)O[C@H](/C=C/C(F)(F)F)C1CCCCC1. The van der Waals surface area contributed by atoms with Crippen LogP contribution in [0.25, 0.3) is 0 Å². The molecule has 1 fully saturated rings. The third kappa shape index (κ3) is 6.61. The van der Waals surface area contributed by atoms with E-state index in [4.69, 9.17) is 4.74 Å². The van der Waals surface area contributed by atoms with E-state index in [1.165, 1.54) is 7.11 Å². The van der Waals surface area contributed by atoms with Crippen LogP contribution < -0.4 is 0 Å². The van der Waals surface area contributed by atoms with Crippen LogP contribution in [-0.2, 0) is 14.3 Å². The predicted molar refractivity (Wildman–Crippen MR) is 63.5 cm³/mol. The first-order valence-electron chi connectivity index (χ1n) is 6.37. The van der Waals surface area contributed by atoms with Crippen molar-refractivity contribution in [2.24, 2.45) is 5.92 Å². The van der Waals surface area contributed by atoms with Gasteiger partial charge in [0.2, 0.25) is 0 Å². The topological polar surface area (TPSA) is 35.5 Å². The molecule has 0 heterocycles. The van der Waals surface area contributed by atoms with E-state index in [1.807, 2.05) is 0 Å². The molecular formula is C13H19F3O3. The number of allylic oxidation sites excluding steroid dienone is 1. The molecule has 0 aliphatic heterocycles. The number of hydrogen-bond donors (Lipinski definition) is 0. The number of carbonyl (C=O) groups is 1. The molecule has 0 saturated heterocycles. The van der Waals surface area contributed by atoms with Gasteiger partial charge in [-0.3, -0.25) is 0 Å². The quantitative estimate of drug-likeness (QED) is 0.573.